The van der Waals surface area contributed by atoms with Crippen molar-refractivity contribution in [2.75, 3.05) is 0 Å². The molecule has 1 heterocycles. The standard InChI is InChI=1S/C14H8ClNO2/c15-10-7-5-9(6-8-10)13-14(17)18-12-4-2-1-3-11(12)16-13/h1-8H. The fraction of sp³-hybridized carbons (Fsp3) is 0. The van der Waals surface area contributed by atoms with Crippen molar-refractivity contribution in [1.82, 2.24) is 4.98 Å². The lowest BCUT2D eigenvalue weighted by Gasteiger charge is -2.01. The lowest BCUT2D eigenvalue weighted by molar-refractivity contribution is 0.558. The van der Waals surface area contributed by atoms with Gasteiger partial charge in [0.25, 0.3) is 0 Å². The van der Waals surface area contributed by atoms with Gasteiger partial charge in [-0.15, -0.1) is 0 Å². The molecule has 3 aromatic rings. The van der Waals surface area contributed by atoms with E-state index in [2.05, 4.69) is 4.98 Å². The van der Waals surface area contributed by atoms with Gasteiger partial charge in [-0.25, -0.2) is 9.78 Å². The minimum atomic E-state index is -0.448. The molecule has 0 atom stereocenters. The molecule has 18 heavy (non-hydrogen) atoms. The third-order valence-corrected chi connectivity index (χ3v) is 2.86. The van der Waals surface area contributed by atoms with Crippen molar-refractivity contribution in [3.05, 3.63) is 64.0 Å². The van der Waals surface area contributed by atoms with Crippen molar-refractivity contribution >= 4 is 22.7 Å². The summed E-state index contributed by atoms with van der Waals surface area (Å²) in [6.07, 6.45) is 0. The summed E-state index contributed by atoms with van der Waals surface area (Å²) in [6, 6.07) is 14.1. The van der Waals surface area contributed by atoms with E-state index in [0.717, 1.165) is 0 Å². The molecule has 0 N–H and O–H groups in total. The lowest BCUT2D eigenvalue weighted by Crippen LogP contribution is -2.05. The van der Waals surface area contributed by atoms with Crippen LogP contribution >= 0.6 is 11.6 Å². The maximum atomic E-state index is 11.9. The predicted octanol–water partition coefficient (Wildman–Crippen LogP) is 3.51. The summed E-state index contributed by atoms with van der Waals surface area (Å²) in [5, 5.41) is 0.615. The number of rotatable bonds is 1. The van der Waals surface area contributed by atoms with Crippen molar-refractivity contribution in [2.24, 2.45) is 0 Å². The molecule has 4 heteroatoms. The van der Waals surface area contributed by atoms with Crippen LogP contribution in [0.3, 0.4) is 0 Å². The van der Waals surface area contributed by atoms with Gasteiger partial charge in [0.05, 0.1) is 0 Å². The SMILES string of the molecule is O=c1oc2ccccc2nc1-c1ccc(Cl)cc1. The minimum absolute atomic E-state index is 0.297. The van der Waals surface area contributed by atoms with E-state index >= 15 is 0 Å². The van der Waals surface area contributed by atoms with Crippen molar-refractivity contribution in [3.8, 4) is 11.3 Å². The highest BCUT2D eigenvalue weighted by atomic mass is 35.5. The Bertz CT molecular complexity index is 763. The zero-order chi connectivity index (χ0) is 12.5. The van der Waals surface area contributed by atoms with Crippen LogP contribution in [-0.4, -0.2) is 4.98 Å². The fourth-order valence-electron chi connectivity index (χ4n) is 1.74. The van der Waals surface area contributed by atoms with E-state index in [1.165, 1.54) is 0 Å². The Hall–Kier alpha value is -2.13. The van der Waals surface area contributed by atoms with Crippen molar-refractivity contribution in [3.63, 3.8) is 0 Å². The Balaban J connectivity index is 2.26. The molecule has 0 bridgehead atoms. The van der Waals surface area contributed by atoms with Crippen LogP contribution in [0.1, 0.15) is 0 Å². The average molecular weight is 258 g/mol. The molecule has 0 saturated heterocycles. The highest BCUT2D eigenvalue weighted by molar-refractivity contribution is 6.30. The summed E-state index contributed by atoms with van der Waals surface area (Å²) >= 11 is 5.81. The van der Waals surface area contributed by atoms with E-state index in [0.29, 0.717) is 27.4 Å². The van der Waals surface area contributed by atoms with Gasteiger partial charge in [-0.05, 0) is 24.3 Å². The second kappa shape index (κ2) is 4.27. The maximum Gasteiger partial charge on any atom is 0.363 e. The first-order chi connectivity index (χ1) is 8.74. The number of fused-ring (bicyclic) bond motifs is 1. The van der Waals surface area contributed by atoms with E-state index in [1.807, 2.05) is 6.07 Å². The minimum Gasteiger partial charge on any atom is -0.419 e. The Labute approximate surface area is 108 Å². The highest BCUT2D eigenvalue weighted by Gasteiger charge is 2.08. The van der Waals surface area contributed by atoms with Crippen LogP contribution in [0.4, 0.5) is 0 Å². The Kier molecular flexibility index (Phi) is 2.61. The summed E-state index contributed by atoms with van der Waals surface area (Å²) in [5.41, 5.74) is 1.68. The van der Waals surface area contributed by atoms with Crippen LogP contribution < -0.4 is 5.63 Å². The summed E-state index contributed by atoms with van der Waals surface area (Å²) in [5.74, 6) is 0. The number of nitrogens with zero attached hydrogens (tertiary/aromatic N) is 1. The van der Waals surface area contributed by atoms with E-state index in [1.54, 1.807) is 42.5 Å². The van der Waals surface area contributed by atoms with Gasteiger partial charge in [-0.3, -0.25) is 0 Å². The first kappa shape index (κ1) is 11.0. The zero-order valence-corrected chi connectivity index (χ0v) is 10.0. The highest BCUT2D eigenvalue weighted by Crippen LogP contribution is 2.19. The van der Waals surface area contributed by atoms with Gasteiger partial charge in [-0.1, -0.05) is 35.9 Å². The Morgan fingerprint density at radius 3 is 2.50 bits per heavy atom. The third-order valence-electron chi connectivity index (χ3n) is 2.61. The normalized spacial score (nSPS) is 10.7. The van der Waals surface area contributed by atoms with E-state index in [9.17, 15) is 4.79 Å². The molecule has 3 nitrogen and oxygen atoms in total. The quantitative estimate of drug-likeness (QED) is 0.670. The number of halogens is 1. The average Bonchev–Trinajstić information content (AvgIpc) is 2.39. The molecule has 0 unspecified atom stereocenters. The number of hydrogen-bond acceptors (Lipinski definition) is 3. The molecule has 0 aliphatic heterocycles. The van der Waals surface area contributed by atoms with Crippen molar-refractivity contribution in [1.29, 1.82) is 0 Å². The third kappa shape index (κ3) is 1.89. The maximum absolute atomic E-state index is 11.9. The molecule has 0 spiro atoms. The predicted molar refractivity (Wildman–Crippen MR) is 70.7 cm³/mol. The number of para-hydroxylation sites is 2. The van der Waals surface area contributed by atoms with Crippen molar-refractivity contribution in [2.45, 2.75) is 0 Å². The zero-order valence-electron chi connectivity index (χ0n) is 9.26. The molecule has 3 rings (SSSR count). The van der Waals surface area contributed by atoms with Gasteiger partial charge < -0.3 is 4.42 Å². The van der Waals surface area contributed by atoms with Crippen LogP contribution in [0.5, 0.6) is 0 Å². The van der Waals surface area contributed by atoms with Crippen LogP contribution in [0.15, 0.2) is 57.7 Å². The van der Waals surface area contributed by atoms with E-state index in [-0.39, 0.29) is 0 Å². The first-order valence-electron chi connectivity index (χ1n) is 5.40. The van der Waals surface area contributed by atoms with E-state index in [4.69, 9.17) is 16.0 Å². The van der Waals surface area contributed by atoms with Crippen LogP contribution in [0.25, 0.3) is 22.4 Å². The van der Waals surface area contributed by atoms with Gasteiger partial charge in [0.2, 0.25) is 0 Å². The van der Waals surface area contributed by atoms with Crippen molar-refractivity contribution < 1.29 is 4.42 Å². The Morgan fingerprint density at radius 1 is 1.00 bits per heavy atom. The molecule has 0 aliphatic rings. The van der Waals surface area contributed by atoms with Gasteiger partial charge in [0.1, 0.15) is 5.52 Å². The smallest absolute Gasteiger partial charge is 0.363 e. The van der Waals surface area contributed by atoms with E-state index < -0.39 is 5.63 Å². The summed E-state index contributed by atoms with van der Waals surface area (Å²) in [4.78, 5) is 16.2. The molecular formula is C14H8ClNO2. The summed E-state index contributed by atoms with van der Waals surface area (Å²) < 4.78 is 5.23. The summed E-state index contributed by atoms with van der Waals surface area (Å²) in [6.45, 7) is 0. The second-order valence-electron chi connectivity index (χ2n) is 3.82. The molecule has 0 aliphatic carbocycles. The van der Waals surface area contributed by atoms with Crippen LogP contribution in [0, 0.1) is 0 Å². The monoisotopic (exact) mass is 257 g/mol. The van der Waals surface area contributed by atoms with Gasteiger partial charge >= 0.3 is 5.63 Å². The largest absolute Gasteiger partial charge is 0.419 e. The summed E-state index contributed by atoms with van der Waals surface area (Å²) in [7, 11) is 0. The van der Waals surface area contributed by atoms with Gasteiger partial charge in [0, 0.05) is 10.6 Å². The fourth-order valence-corrected chi connectivity index (χ4v) is 1.87. The number of benzene rings is 2. The Morgan fingerprint density at radius 2 is 1.72 bits per heavy atom. The number of aromatic nitrogens is 1. The first-order valence-corrected chi connectivity index (χ1v) is 5.78. The molecule has 88 valence electrons. The topological polar surface area (TPSA) is 43.1 Å². The molecule has 2 aromatic carbocycles. The molecule has 0 radical (unpaired) electrons. The lowest BCUT2D eigenvalue weighted by atomic mass is 10.1. The molecule has 0 saturated carbocycles. The van der Waals surface area contributed by atoms with Gasteiger partial charge in [0.15, 0.2) is 11.3 Å². The molecule has 0 fully saturated rings. The molecule has 1 aromatic heterocycles. The number of hydrogen-bond donors (Lipinski definition) is 0. The van der Waals surface area contributed by atoms with Crippen LogP contribution in [-0.2, 0) is 0 Å². The molecule has 0 amide bonds. The van der Waals surface area contributed by atoms with Gasteiger partial charge in [-0.2, -0.15) is 0 Å². The van der Waals surface area contributed by atoms with Crippen LogP contribution in [0.2, 0.25) is 5.02 Å². The second-order valence-corrected chi connectivity index (χ2v) is 4.26. The molecular weight excluding hydrogens is 250 g/mol.